The minimum absolute atomic E-state index is 0.186. The first-order chi connectivity index (χ1) is 13.5. The normalized spacial score (nSPS) is 18.2. The van der Waals surface area contributed by atoms with Crippen LogP contribution in [0.15, 0.2) is 41.8 Å². The minimum atomic E-state index is -0.300. The lowest BCUT2D eigenvalue weighted by atomic mass is 10.1. The van der Waals surface area contributed by atoms with Gasteiger partial charge in [-0.1, -0.05) is 24.8 Å². The van der Waals surface area contributed by atoms with Crippen molar-refractivity contribution in [3.05, 3.63) is 58.6 Å². The highest BCUT2D eigenvalue weighted by Crippen LogP contribution is 2.41. The molecule has 7 heteroatoms. The van der Waals surface area contributed by atoms with Crippen molar-refractivity contribution in [1.29, 1.82) is 0 Å². The Morgan fingerprint density at radius 1 is 1.36 bits per heavy atom. The molecule has 0 saturated carbocycles. The summed E-state index contributed by atoms with van der Waals surface area (Å²) in [6, 6.07) is 9.10. The summed E-state index contributed by atoms with van der Waals surface area (Å²) in [5.41, 5.74) is 8.56. The van der Waals surface area contributed by atoms with Crippen LogP contribution in [0.2, 0.25) is 0 Å². The predicted octanol–water partition coefficient (Wildman–Crippen LogP) is 4.51. The van der Waals surface area contributed by atoms with Gasteiger partial charge in [0.2, 0.25) is 0 Å². The lowest BCUT2D eigenvalue weighted by Gasteiger charge is -2.28. The van der Waals surface area contributed by atoms with Crippen LogP contribution in [0.5, 0.6) is 5.75 Å². The van der Waals surface area contributed by atoms with Crippen LogP contribution < -0.4 is 15.8 Å². The number of hydrogen-bond acceptors (Lipinski definition) is 6. The molecule has 0 fully saturated rings. The molecule has 148 valence electrons. The van der Waals surface area contributed by atoms with Crippen molar-refractivity contribution >= 4 is 29.2 Å². The lowest BCUT2D eigenvalue weighted by Crippen LogP contribution is -2.28. The molecule has 6 nitrogen and oxygen atoms in total. The molecule has 1 unspecified atom stereocenters. The van der Waals surface area contributed by atoms with Gasteiger partial charge >= 0.3 is 0 Å². The Morgan fingerprint density at radius 3 is 2.71 bits per heavy atom. The van der Waals surface area contributed by atoms with Crippen molar-refractivity contribution < 1.29 is 14.3 Å². The third-order valence-corrected chi connectivity index (χ3v) is 5.93. The van der Waals surface area contributed by atoms with Gasteiger partial charge in [0, 0.05) is 19.2 Å². The Morgan fingerprint density at radius 2 is 2.11 bits per heavy atom. The van der Waals surface area contributed by atoms with Crippen molar-refractivity contribution in [2.24, 2.45) is 0 Å². The Bertz CT molecular complexity index is 873. The number of hydrogen-bond donors (Lipinski definition) is 2. The summed E-state index contributed by atoms with van der Waals surface area (Å²) in [7, 11) is 1.59. The van der Waals surface area contributed by atoms with Crippen molar-refractivity contribution in [2.45, 2.75) is 38.2 Å². The van der Waals surface area contributed by atoms with Crippen LogP contribution >= 0.6 is 11.8 Å². The summed E-state index contributed by atoms with van der Waals surface area (Å²) in [6.07, 6.45) is 3.92. The largest absolute Gasteiger partial charge is 0.476 e. The van der Waals surface area contributed by atoms with E-state index < -0.39 is 0 Å². The Balaban J connectivity index is 1.69. The number of benzene rings is 1. The summed E-state index contributed by atoms with van der Waals surface area (Å²) in [5.74, 6) is 0.661. The van der Waals surface area contributed by atoms with Crippen molar-refractivity contribution in [3.8, 4) is 5.75 Å². The predicted molar refractivity (Wildman–Crippen MR) is 113 cm³/mol. The van der Waals surface area contributed by atoms with Crippen LogP contribution in [0.25, 0.3) is 0 Å². The van der Waals surface area contributed by atoms with Crippen LogP contribution in [0.4, 0.5) is 11.5 Å². The molecule has 1 aliphatic rings. The number of nitrogens with one attached hydrogen (secondary N) is 1. The van der Waals surface area contributed by atoms with Gasteiger partial charge in [-0.2, -0.15) is 0 Å². The zero-order valence-corrected chi connectivity index (χ0v) is 17.1. The first kappa shape index (κ1) is 20.2. The third kappa shape index (κ3) is 4.48. The Hall–Kier alpha value is -2.51. The fourth-order valence-electron chi connectivity index (χ4n) is 2.97. The number of nitrogens with two attached hydrogens (primary N) is 1. The lowest BCUT2D eigenvalue weighted by molar-refractivity contribution is 0.102. The van der Waals surface area contributed by atoms with Gasteiger partial charge in [0.15, 0.2) is 4.93 Å². The molecule has 3 rings (SSSR count). The van der Waals surface area contributed by atoms with E-state index in [1.807, 2.05) is 31.2 Å². The molecule has 0 spiro atoms. The molecule has 1 aromatic carbocycles. The maximum atomic E-state index is 12.6. The molecule has 2 heterocycles. The standard InChI is InChI=1S/C21H25N3O3S/c1-4-21(10-5-11-28-21)27-16-8-6-15(7-9-16)23-20(25)17-12-14(2)18(13-26-3)24-19(17)22/h5-9,11-12H,4,10,13H2,1-3H3,(H2,22,24)(H,23,25). The van der Waals surface area contributed by atoms with Gasteiger partial charge in [0.25, 0.3) is 5.91 Å². The Labute approximate surface area is 169 Å². The highest BCUT2D eigenvalue weighted by Gasteiger charge is 2.32. The summed E-state index contributed by atoms with van der Waals surface area (Å²) < 4.78 is 11.3. The van der Waals surface area contributed by atoms with E-state index in [9.17, 15) is 4.79 Å². The van der Waals surface area contributed by atoms with Gasteiger partial charge < -0.3 is 20.5 Å². The van der Waals surface area contributed by atoms with Gasteiger partial charge in [-0.05, 0) is 54.6 Å². The number of carbonyl (C=O) groups is 1. The molecule has 1 aromatic heterocycles. The number of aromatic nitrogens is 1. The van der Waals surface area contributed by atoms with Crippen LogP contribution in [-0.2, 0) is 11.3 Å². The number of carbonyl (C=O) groups excluding carboxylic acids is 1. The topological polar surface area (TPSA) is 86.5 Å². The maximum Gasteiger partial charge on any atom is 0.259 e. The SMILES string of the molecule is CCC1(Oc2ccc(NC(=O)c3cc(C)c(COC)nc3N)cc2)CC=CS1. The van der Waals surface area contributed by atoms with E-state index in [0.717, 1.165) is 29.8 Å². The van der Waals surface area contributed by atoms with Crippen LogP contribution in [0.1, 0.15) is 41.4 Å². The second kappa shape index (κ2) is 8.67. The zero-order valence-electron chi connectivity index (χ0n) is 16.3. The highest BCUT2D eigenvalue weighted by molar-refractivity contribution is 8.03. The van der Waals surface area contributed by atoms with E-state index >= 15 is 0 Å². The van der Waals surface area contributed by atoms with Crippen LogP contribution in [0, 0.1) is 6.92 Å². The summed E-state index contributed by atoms with van der Waals surface area (Å²) in [6.45, 7) is 4.35. The number of pyridine rings is 1. The van der Waals surface area contributed by atoms with Crippen LogP contribution in [0.3, 0.4) is 0 Å². The van der Waals surface area contributed by atoms with Crippen LogP contribution in [-0.4, -0.2) is 22.9 Å². The monoisotopic (exact) mass is 399 g/mol. The Kier molecular flexibility index (Phi) is 6.26. The van der Waals surface area contributed by atoms with E-state index in [4.69, 9.17) is 15.2 Å². The summed E-state index contributed by atoms with van der Waals surface area (Å²) in [4.78, 5) is 16.7. The number of rotatable bonds is 7. The number of anilines is 2. The minimum Gasteiger partial charge on any atom is -0.476 e. The van der Waals surface area contributed by atoms with E-state index in [1.54, 1.807) is 24.9 Å². The van der Waals surface area contributed by atoms with E-state index in [2.05, 4.69) is 28.7 Å². The van der Waals surface area contributed by atoms with Gasteiger partial charge in [-0.15, -0.1) is 0 Å². The van der Waals surface area contributed by atoms with Crippen molar-refractivity contribution in [3.63, 3.8) is 0 Å². The van der Waals surface area contributed by atoms with Crippen molar-refractivity contribution in [2.75, 3.05) is 18.2 Å². The summed E-state index contributed by atoms with van der Waals surface area (Å²) >= 11 is 1.70. The van der Waals surface area contributed by atoms with Gasteiger partial charge in [-0.3, -0.25) is 4.79 Å². The molecular weight excluding hydrogens is 374 g/mol. The molecule has 1 amide bonds. The quantitative estimate of drug-likeness (QED) is 0.712. The fourth-order valence-corrected chi connectivity index (χ4v) is 3.91. The van der Waals surface area contributed by atoms with E-state index in [-0.39, 0.29) is 16.7 Å². The average Bonchev–Trinajstić information content (AvgIpc) is 3.15. The number of methoxy groups -OCH3 is 1. The molecule has 0 bridgehead atoms. The third-order valence-electron chi connectivity index (χ3n) is 4.64. The molecule has 1 aliphatic heterocycles. The van der Waals surface area contributed by atoms with Crippen molar-refractivity contribution in [1.82, 2.24) is 4.98 Å². The average molecular weight is 400 g/mol. The van der Waals surface area contributed by atoms with E-state index in [1.165, 1.54) is 0 Å². The first-order valence-corrected chi connectivity index (χ1v) is 10.0. The molecule has 2 aromatic rings. The maximum absolute atomic E-state index is 12.6. The molecule has 28 heavy (non-hydrogen) atoms. The number of nitrogens with zero attached hydrogens (tertiary/aromatic N) is 1. The number of aryl methyl sites for hydroxylation is 1. The molecule has 0 radical (unpaired) electrons. The molecule has 3 N–H and O–H groups in total. The molecule has 0 saturated heterocycles. The van der Waals surface area contributed by atoms with Gasteiger partial charge in [0.05, 0.1) is 17.9 Å². The number of ether oxygens (including phenoxy) is 2. The second-order valence-corrected chi connectivity index (χ2v) is 7.91. The van der Waals surface area contributed by atoms with E-state index in [0.29, 0.717) is 17.9 Å². The zero-order chi connectivity index (χ0) is 20.1. The first-order valence-electron chi connectivity index (χ1n) is 9.14. The second-order valence-electron chi connectivity index (χ2n) is 6.66. The van der Waals surface area contributed by atoms with Gasteiger partial charge in [-0.25, -0.2) is 4.98 Å². The van der Waals surface area contributed by atoms with Gasteiger partial charge in [0.1, 0.15) is 11.6 Å². The molecule has 1 atom stereocenters. The summed E-state index contributed by atoms with van der Waals surface area (Å²) in [5, 5.41) is 4.94. The molecule has 0 aliphatic carbocycles. The number of thioether (sulfide) groups is 1. The number of amides is 1. The fraction of sp³-hybridized carbons (Fsp3) is 0.333. The smallest absolute Gasteiger partial charge is 0.259 e. The number of nitrogen functional groups attached to an aromatic ring is 1. The highest BCUT2D eigenvalue weighted by atomic mass is 32.2. The molecular formula is C21H25N3O3S.